The van der Waals surface area contributed by atoms with E-state index >= 15 is 0 Å². The lowest BCUT2D eigenvalue weighted by atomic mass is 10.1. The summed E-state index contributed by atoms with van der Waals surface area (Å²) >= 11 is 0. The highest BCUT2D eigenvalue weighted by atomic mass is 16.5. The summed E-state index contributed by atoms with van der Waals surface area (Å²) in [7, 11) is 0. The smallest absolute Gasteiger partial charge is 0.330 e. The molecule has 0 spiro atoms. The molecule has 0 bridgehead atoms. The van der Waals surface area contributed by atoms with Gasteiger partial charge < -0.3 is 15.8 Å². The molecule has 7 heteroatoms. The van der Waals surface area contributed by atoms with Crippen molar-refractivity contribution < 1.29 is 4.74 Å². The van der Waals surface area contributed by atoms with Gasteiger partial charge in [-0.25, -0.2) is 4.79 Å². The van der Waals surface area contributed by atoms with Gasteiger partial charge in [0.25, 0.3) is 5.56 Å². The molecule has 1 aromatic rings. The molecule has 1 aliphatic rings. The Morgan fingerprint density at radius 2 is 2.14 bits per heavy atom. The van der Waals surface area contributed by atoms with Gasteiger partial charge in [0.1, 0.15) is 11.5 Å². The van der Waals surface area contributed by atoms with Gasteiger partial charge in [-0.15, -0.1) is 0 Å². The predicted molar refractivity (Wildman–Crippen MR) is 82.6 cm³/mol. The van der Waals surface area contributed by atoms with Crippen LogP contribution in [-0.4, -0.2) is 28.3 Å². The van der Waals surface area contributed by atoms with E-state index in [9.17, 15) is 9.59 Å². The summed E-state index contributed by atoms with van der Waals surface area (Å²) in [5.74, 6) is 0.432. The van der Waals surface area contributed by atoms with Crippen LogP contribution in [0.15, 0.2) is 9.59 Å². The van der Waals surface area contributed by atoms with Crippen molar-refractivity contribution in [2.24, 2.45) is 5.92 Å². The maximum atomic E-state index is 12.0. The topological polar surface area (TPSA) is 102 Å². The molecule has 118 valence electrons. The fourth-order valence-electron chi connectivity index (χ4n) is 2.59. The molecule has 0 radical (unpaired) electrons. The zero-order chi connectivity index (χ0) is 15.6. The molecule has 0 aromatic carbocycles. The first kappa shape index (κ1) is 15.6. The van der Waals surface area contributed by atoms with E-state index in [1.807, 2.05) is 20.8 Å². The highest BCUT2D eigenvalue weighted by Gasteiger charge is 2.24. The maximum Gasteiger partial charge on any atom is 0.330 e. The first-order valence-electron chi connectivity index (χ1n) is 7.41. The molecular formula is C14H24N4O3. The number of nitrogens with zero attached hydrogens (tertiary/aromatic N) is 1. The number of aromatic amines is 1. The SMILES string of the molecule is CC(C)Cn1c(N)c(NC(C)C2CCCO2)c(=O)[nH]c1=O. The summed E-state index contributed by atoms with van der Waals surface area (Å²) in [6, 6.07) is -0.0408. The molecule has 4 N–H and O–H groups in total. The molecule has 1 saturated heterocycles. The van der Waals surface area contributed by atoms with E-state index in [2.05, 4.69) is 10.3 Å². The average Bonchev–Trinajstić information content (AvgIpc) is 2.93. The van der Waals surface area contributed by atoms with Crippen LogP contribution in [0.5, 0.6) is 0 Å². The number of nitrogen functional groups attached to an aromatic ring is 1. The molecule has 7 nitrogen and oxygen atoms in total. The molecular weight excluding hydrogens is 272 g/mol. The van der Waals surface area contributed by atoms with Gasteiger partial charge in [-0.3, -0.25) is 14.3 Å². The summed E-state index contributed by atoms with van der Waals surface area (Å²) in [5.41, 5.74) is 5.31. The monoisotopic (exact) mass is 296 g/mol. The molecule has 0 saturated carbocycles. The number of nitrogens with two attached hydrogens (primary N) is 1. The van der Waals surface area contributed by atoms with Crippen LogP contribution < -0.4 is 22.3 Å². The molecule has 1 aromatic heterocycles. The lowest BCUT2D eigenvalue weighted by molar-refractivity contribution is 0.0996. The number of nitrogens with one attached hydrogen (secondary N) is 2. The lowest BCUT2D eigenvalue weighted by Gasteiger charge is -2.22. The number of aromatic nitrogens is 2. The summed E-state index contributed by atoms with van der Waals surface area (Å²) in [6.45, 7) is 7.13. The van der Waals surface area contributed by atoms with Gasteiger partial charge in [0.05, 0.1) is 6.10 Å². The van der Waals surface area contributed by atoms with Crippen LogP contribution in [0.25, 0.3) is 0 Å². The Kier molecular flexibility index (Phi) is 4.72. The Balaban J connectivity index is 2.30. The minimum Gasteiger partial charge on any atom is -0.383 e. The van der Waals surface area contributed by atoms with E-state index in [1.165, 1.54) is 4.57 Å². The summed E-state index contributed by atoms with van der Waals surface area (Å²) in [4.78, 5) is 26.2. The largest absolute Gasteiger partial charge is 0.383 e. The molecule has 1 aliphatic heterocycles. The average molecular weight is 296 g/mol. The van der Waals surface area contributed by atoms with E-state index < -0.39 is 11.2 Å². The zero-order valence-corrected chi connectivity index (χ0v) is 12.8. The van der Waals surface area contributed by atoms with Gasteiger partial charge in [-0.1, -0.05) is 13.8 Å². The minimum absolute atomic E-state index is 0.0408. The second-order valence-electron chi connectivity index (χ2n) is 6.01. The lowest BCUT2D eigenvalue weighted by Crippen LogP contribution is -2.38. The Morgan fingerprint density at radius 1 is 1.43 bits per heavy atom. The van der Waals surface area contributed by atoms with E-state index in [-0.39, 0.29) is 29.6 Å². The van der Waals surface area contributed by atoms with Crippen molar-refractivity contribution in [2.75, 3.05) is 17.7 Å². The Bertz CT molecular complexity index is 599. The molecule has 2 atom stereocenters. The van der Waals surface area contributed by atoms with Crippen molar-refractivity contribution in [3.8, 4) is 0 Å². The van der Waals surface area contributed by atoms with Crippen molar-refractivity contribution >= 4 is 11.5 Å². The highest BCUT2D eigenvalue weighted by Crippen LogP contribution is 2.20. The van der Waals surface area contributed by atoms with Crippen molar-refractivity contribution in [3.63, 3.8) is 0 Å². The molecule has 0 amide bonds. The van der Waals surface area contributed by atoms with Crippen LogP contribution in [0.4, 0.5) is 11.5 Å². The standard InChI is InChI=1S/C14H24N4O3/c1-8(2)7-18-12(15)11(13(19)17-14(18)20)16-9(3)10-5-4-6-21-10/h8-10,16H,4-7,15H2,1-3H3,(H,17,19,20). The number of rotatable bonds is 5. The fourth-order valence-corrected chi connectivity index (χ4v) is 2.59. The normalized spacial score (nSPS) is 19.9. The predicted octanol–water partition coefficient (Wildman–Crippen LogP) is 0.754. The quantitative estimate of drug-likeness (QED) is 0.744. The van der Waals surface area contributed by atoms with Crippen LogP contribution >= 0.6 is 0 Å². The van der Waals surface area contributed by atoms with Crippen molar-refractivity contribution in [3.05, 3.63) is 20.8 Å². The van der Waals surface area contributed by atoms with Crippen molar-refractivity contribution in [1.82, 2.24) is 9.55 Å². The number of H-pyrrole nitrogens is 1. The van der Waals surface area contributed by atoms with E-state index in [1.54, 1.807) is 0 Å². The summed E-state index contributed by atoms with van der Waals surface area (Å²) in [6.07, 6.45) is 2.04. The second-order valence-corrected chi connectivity index (χ2v) is 6.01. The maximum absolute atomic E-state index is 12.0. The van der Waals surface area contributed by atoms with Crippen molar-refractivity contribution in [1.29, 1.82) is 0 Å². The third-order valence-electron chi connectivity index (χ3n) is 3.68. The minimum atomic E-state index is -0.484. The number of ether oxygens (including phenoxy) is 1. The van der Waals surface area contributed by atoms with Crippen LogP contribution in [0.2, 0.25) is 0 Å². The van der Waals surface area contributed by atoms with Crippen LogP contribution in [-0.2, 0) is 11.3 Å². The van der Waals surface area contributed by atoms with Gasteiger partial charge in [0, 0.05) is 19.2 Å². The Labute approximate surface area is 123 Å². The van der Waals surface area contributed by atoms with Gasteiger partial charge in [-0.05, 0) is 25.7 Å². The van der Waals surface area contributed by atoms with Gasteiger partial charge in [0.2, 0.25) is 0 Å². The Hall–Kier alpha value is -1.76. The molecule has 21 heavy (non-hydrogen) atoms. The van der Waals surface area contributed by atoms with E-state index in [4.69, 9.17) is 10.5 Å². The van der Waals surface area contributed by atoms with Gasteiger partial charge in [0.15, 0.2) is 0 Å². The first-order chi connectivity index (χ1) is 9.90. The number of hydrogen-bond donors (Lipinski definition) is 3. The molecule has 1 fully saturated rings. The number of hydrogen-bond acceptors (Lipinski definition) is 5. The van der Waals surface area contributed by atoms with Crippen LogP contribution in [0.3, 0.4) is 0 Å². The first-order valence-corrected chi connectivity index (χ1v) is 7.41. The third kappa shape index (κ3) is 3.47. The van der Waals surface area contributed by atoms with Crippen molar-refractivity contribution in [2.45, 2.75) is 52.3 Å². The van der Waals surface area contributed by atoms with E-state index in [0.717, 1.165) is 19.4 Å². The van der Waals surface area contributed by atoms with E-state index in [0.29, 0.717) is 6.54 Å². The third-order valence-corrected chi connectivity index (χ3v) is 3.68. The molecule has 2 unspecified atom stereocenters. The molecule has 2 heterocycles. The van der Waals surface area contributed by atoms with Crippen LogP contribution in [0.1, 0.15) is 33.6 Å². The Morgan fingerprint density at radius 3 is 2.71 bits per heavy atom. The van der Waals surface area contributed by atoms with Crippen LogP contribution in [0, 0.1) is 5.92 Å². The van der Waals surface area contributed by atoms with Gasteiger partial charge >= 0.3 is 5.69 Å². The highest BCUT2D eigenvalue weighted by molar-refractivity contribution is 5.61. The van der Waals surface area contributed by atoms with Gasteiger partial charge in [-0.2, -0.15) is 0 Å². The summed E-state index contributed by atoms with van der Waals surface area (Å²) in [5, 5.41) is 3.11. The second kappa shape index (κ2) is 6.34. The summed E-state index contributed by atoms with van der Waals surface area (Å²) < 4.78 is 7.00. The molecule has 2 rings (SSSR count). The fraction of sp³-hybridized carbons (Fsp3) is 0.714. The number of anilines is 2. The zero-order valence-electron chi connectivity index (χ0n) is 12.8. The molecule has 0 aliphatic carbocycles.